The SMILES string of the molecule is COc1cccc(C2(F)CNC2)c1F. The minimum atomic E-state index is -1.57. The second-order valence-electron chi connectivity index (χ2n) is 3.39. The third kappa shape index (κ3) is 1.26. The van der Waals surface area contributed by atoms with Gasteiger partial charge in [-0.25, -0.2) is 8.78 Å². The van der Waals surface area contributed by atoms with Crippen molar-refractivity contribution in [2.24, 2.45) is 0 Å². The Morgan fingerprint density at radius 2 is 2.14 bits per heavy atom. The maximum absolute atomic E-state index is 13.9. The molecule has 0 bridgehead atoms. The Balaban J connectivity index is 2.43. The molecule has 1 heterocycles. The van der Waals surface area contributed by atoms with E-state index in [2.05, 4.69) is 5.32 Å². The zero-order chi connectivity index (χ0) is 10.2. The van der Waals surface area contributed by atoms with E-state index in [1.54, 1.807) is 6.07 Å². The number of halogens is 2. The summed E-state index contributed by atoms with van der Waals surface area (Å²) >= 11 is 0. The highest BCUT2D eigenvalue weighted by atomic mass is 19.1. The number of benzene rings is 1. The van der Waals surface area contributed by atoms with Crippen molar-refractivity contribution < 1.29 is 13.5 Å². The standard InChI is InChI=1S/C10H11F2NO/c1-14-8-4-2-3-7(9(8)11)10(12)5-13-6-10/h2-4,13H,5-6H2,1H3. The van der Waals surface area contributed by atoms with E-state index in [-0.39, 0.29) is 24.4 Å². The van der Waals surface area contributed by atoms with Crippen LogP contribution < -0.4 is 10.1 Å². The monoisotopic (exact) mass is 199 g/mol. The molecule has 14 heavy (non-hydrogen) atoms. The van der Waals surface area contributed by atoms with Crippen LogP contribution in [0.15, 0.2) is 18.2 Å². The van der Waals surface area contributed by atoms with Crippen molar-refractivity contribution >= 4 is 0 Å². The first-order chi connectivity index (χ1) is 6.67. The molecule has 0 amide bonds. The Labute approximate surface area is 80.9 Å². The third-order valence-corrected chi connectivity index (χ3v) is 2.48. The van der Waals surface area contributed by atoms with Gasteiger partial charge in [-0.05, 0) is 6.07 Å². The molecular formula is C10H11F2NO. The molecule has 2 rings (SSSR count). The van der Waals surface area contributed by atoms with Crippen LogP contribution in [0.4, 0.5) is 8.78 Å². The van der Waals surface area contributed by atoms with Gasteiger partial charge in [0.1, 0.15) is 0 Å². The van der Waals surface area contributed by atoms with Gasteiger partial charge in [-0.3, -0.25) is 0 Å². The second-order valence-corrected chi connectivity index (χ2v) is 3.39. The predicted octanol–water partition coefficient (Wildman–Crippen LogP) is 1.60. The maximum atomic E-state index is 13.9. The van der Waals surface area contributed by atoms with E-state index in [1.807, 2.05) is 0 Å². The lowest BCUT2D eigenvalue weighted by Crippen LogP contribution is -2.54. The highest BCUT2D eigenvalue weighted by Gasteiger charge is 2.41. The number of rotatable bonds is 2. The summed E-state index contributed by atoms with van der Waals surface area (Å²) in [4.78, 5) is 0. The van der Waals surface area contributed by atoms with Crippen LogP contribution in [0, 0.1) is 5.82 Å². The summed E-state index contributed by atoms with van der Waals surface area (Å²) in [6.07, 6.45) is 0. The van der Waals surface area contributed by atoms with E-state index in [0.717, 1.165) is 0 Å². The van der Waals surface area contributed by atoms with Crippen molar-refractivity contribution in [3.8, 4) is 5.75 Å². The van der Waals surface area contributed by atoms with Crippen LogP contribution >= 0.6 is 0 Å². The van der Waals surface area contributed by atoms with Crippen molar-refractivity contribution in [1.82, 2.24) is 5.32 Å². The molecule has 1 saturated heterocycles. The van der Waals surface area contributed by atoms with Crippen molar-refractivity contribution in [1.29, 1.82) is 0 Å². The first-order valence-corrected chi connectivity index (χ1v) is 4.40. The molecule has 1 aromatic carbocycles. The second kappa shape index (κ2) is 3.20. The van der Waals surface area contributed by atoms with Gasteiger partial charge < -0.3 is 10.1 Å². The number of hydrogen-bond donors (Lipinski definition) is 1. The van der Waals surface area contributed by atoms with Crippen LogP contribution in [0.1, 0.15) is 5.56 Å². The molecule has 0 radical (unpaired) electrons. The van der Waals surface area contributed by atoms with E-state index in [9.17, 15) is 8.78 Å². The molecule has 1 aromatic rings. The lowest BCUT2D eigenvalue weighted by atomic mass is 9.89. The predicted molar refractivity (Wildman–Crippen MR) is 48.6 cm³/mol. The van der Waals surface area contributed by atoms with Crippen LogP contribution in [0.25, 0.3) is 0 Å². The topological polar surface area (TPSA) is 21.3 Å². The van der Waals surface area contributed by atoms with Crippen LogP contribution in [0.3, 0.4) is 0 Å². The molecule has 0 spiro atoms. The fourth-order valence-electron chi connectivity index (χ4n) is 1.55. The van der Waals surface area contributed by atoms with Crippen molar-refractivity contribution in [3.63, 3.8) is 0 Å². The fourth-order valence-corrected chi connectivity index (χ4v) is 1.55. The summed E-state index contributed by atoms with van der Waals surface area (Å²) in [7, 11) is 1.37. The van der Waals surface area contributed by atoms with Gasteiger partial charge in [-0.1, -0.05) is 12.1 Å². The molecule has 0 atom stereocenters. The van der Waals surface area contributed by atoms with Gasteiger partial charge >= 0.3 is 0 Å². The number of hydrogen-bond acceptors (Lipinski definition) is 2. The van der Waals surface area contributed by atoms with Gasteiger partial charge in [0.2, 0.25) is 0 Å². The van der Waals surface area contributed by atoms with E-state index in [0.29, 0.717) is 0 Å². The minimum absolute atomic E-state index is 0.0793. The van der Waals surface area contributed by atoms with Gasteiger partial charge in [0.25, 0.3) is 0 Å². The first-order valence-electron chi connectivity index (χ1n) is 4.40. The quantitative estimate of drug-likeness (QED) is 0.781. The summed E-state index contributed by atoms with van der Waals surface area (Å²) in [6, 6.07) is 4.53. The molecule has 76 valence electrons. The van der Waals surface area contributed by atoms with Crippen molar-refractivity contribution in [3.05, 3.63) is 29.6 Å². The van der Waals surface area contributed by atoms with E-state index in [1.165, 1.54) is 19.2 Å². The summed E-state index contributed by atoms with van der Waals surface area (Å²) < 4.78 is 32.2. The first kappa shape index (κ1) is 9.40. The third-order valence-electron chi connectivity index (χ3n) is 2.48. The summed E-state index contributed by atoms with van der Waals surface area (Å²) in [5, 5.41) is 2.78. The average molecular weight is 199 g/mol. The van der Waals surface area contributed by atoms with Crippen LogP contribution in [0.2, 0.25) is 0 Å². The normalized spacial score (nSPS) is 18.8. The molecule has 0 aliphatic carbocycles. The highest BCUT2D eigenvalue weighted by Crippen LogP contribution is 2.34. The average Bonchev–Trinajstić information content (AvgIpc) is 2.15. The molecule has 4 heteroatoms. The Kier molecular flexibility index (Phi) is 2.15. The zero-order valence-electron chi connectivity index (χ0n) is 7.81. The minimum Gasteiger partial charge on any atom is -0.494 e. The van der Waals surface area contributed by atoms with E-state index < -0.39 is 11.5 Å². The lowest BCUT2D eigenvalue weighted by Gasteiger charge is -2.35. The van der Waals surface area contributed by atoms with Crippen LogP contribution in [-0.4, -0.2) is 20.2 Å². The maximum Gasteiger partial charge on any atom is 0.171 e. The van der Waals surface area contributed by atoms with Crippen LogP contribution in [-0.2, 0) is 5.67 Å². The largest absolute Gasteiger partial charge is 0.494 e. The molecule has 2 nitrogen and oxygen atoms in total. The highest BCUT2D eigenvalue weighted by molar-refractivity contribution is 5.36. The van der Waals surface area contributed by atoms with Gasteiger partial charge in [0.05, 0.1) is 7.11 Å². The Morgan fingerprint density at radius 3 is 2.64 bits per heavy atom. The molecule has 1 aliphatic rings. The lowest BCUT2D eigenvalue weighted by molar-refractivity contribution is 0.0840. The summed E-state index contributed by atoms with van der Waals surface area (Å²) in [5.74, 6) is -0.509. The number of methoxy groups -OCH3 is 1. The van der Waals surface area contributed by atoms with Crippen molar-refractivity contribution in [2.75, 3.05) is 20.2 Å². The smallest absolute Gasteiger partial charge is 0.171 e. The molecule has 1 N–H and O–H groups in total. The summed E-state index contributed by atoms with van der Waals surface area (Å²) in [5.41, 5.74) is -1.49. The molecule has 0 aromatic heterocycles. The number of alkyl halides is 1. The molecule has 0 saturated carbocycles. The van der Waals surface area contributed by atoms with E-state index in [4.69, 9.17) is 4.74 Å². The zero-order valence-corrected chi connectivity index (χ0v) is 7.81. The Hall–Kier alpha value is -1.16. The van der Waals surface area contributed by atoms with Crippen LogP contribution in [0.5, 0.6) is 5.75 Å². The Morgan fingerprint density at radius 1 is 1.43 bits per heavy atom. The van der Waals surface area contributed by atoms with Gasteiger partial charge in [-0.15, -0.1) is 0 Å². The molecule has 1 aliphatic heterocycles. The molecular weight excluding hydrogens is 188 g/mol. The number of nitrogens with one attached hydrogen (secondary N) is 1. The Bertz CT molecular complexity index is 350. The van der Waals surface area contributed by atoms with Gasteiger partial charge in [-0.2, -0.15) is 0 Å². The van der Waals surface area contributed by atoms with E-state index >= 15 is 0 Å². The van der Waals surface area contributed by atoms with Crippen molar-refractivity contribution in [2.45, 2.75) is 5.67 Å². The molecule has 0 unspecified atom stereocenters. The number of ether oxygens (including phenoxy) is 1. The van der Waals surface area contributed by atoms with Gasteiger partial charge in [0.15, 0.2) is 17.2 Å². The fraction of sp³-hybridized carbons (Fsp3) is 0.400. The molecule has 1 fully saturated rings. The summed E-state index contributed by atoms with van der Waals surface area (Å²) in [6.45, 7) is 0.328. The van der Waals surface area contributed by atoms with Gasteiger partial charge in [0, 0.05) is 18.7 Å².